The van der Waals surface area contributed by atoms with Crippen LogP contribution < -0.4 is 0 Å². The van der Waals surface area contributed by atoms with Gasteiger partial charge >= 0.3 is 9.28 Å². The minimum absolute atomic E-state index is 0.762. The Morgan fingerprint density at radius 3 is 1.92 bits per heavy atom. The summed E-state index contributed by atoms with van der Waals surface area (Å²) >= 11 is 0. The van der Waals surface area contributed by atoms with Crippen molar-refractivity contribution in [2.45, 2.75) is 40.5 Å². The molecule has 0 spiro atoms. The smallest absolute Gasteiger partial charge is 0.351 e. The van der Waals surface area contributed by atoms with Gasteiger partial charge in [-0.2, -0.15) is 0 Å². The molecule has 0 aliphatic carbocycles. The molecule has 13 heavy (non-hydrogen) atoms. The average Bonchev–Trinajstić information content (AvgIpc) is 2.14. The van der Waals surface area contributed by atoms with Crippen molar-refractivity contribution in [2.75, 3.05) is 13.2 Å². The third-order valence-corrected chi connectivity index (χ3v) is 4.34. The Morgan fingerprint density at radius 2 is 1.62 bits per heavy atom. The fourth-order valence-electron chi connectivity index (χ4n) is 1.23. The molecule has 78 valence electrons. The first kappa shape index (κ1) is 12.9. The number of allylic oxidation sites excluding steroid dienone is 2. The highest BCUT2D eigenvalue weighted by Gasteiger charge is 2.15. The highest BCUT2D eigenvalue weighted by atomic mass is 28.3. The highest BCUT2D eigenvalue weighted by Crippen LogP contribution is 2.09. The minimum Gasteiger partial charge on any atom is -0.394 e. The van der Waals surface area contributed by atoms with Gasteiger partial charge < -0.3 is 8.85 Å². The summed E-state index contributed by atoms with van der Waals surface area (Å²) in [4.78, 5) is 0. The zero-order valence-corrected chi connectivity index (χ0v) is 10.5. The van der Waals surface area contributed by atoms with Crippen LogP contribution in [-0.2, 0) is 8.85 Å². The highest BCUT2D eigenvalue weighted by molar-refractivity contribution is 6.53. The van der Waals surface area contributed by atoms with E-state index in [1.165, 1.54) is 5.20 Å². The molecule has 0 unspecified atom stereocenters. The van der Waals surface area contributed by atoms with Crippen molar-refractivity contribution in [3.63, 3.8) is 0 Å². The lowest BCUT2D eigenvalue weighted by molar-refractivity contribution is 0.220. The Balaban J connectivity index is 4.20. The average molecular weight is 202 g/mol. The Bertz CT molecular complexity index is 140. The molecule has 0 fully saturated rings. The Morgan fingerprint density at radius 1 is 1.08 bits per heavy atom. The van der Waals surface area contributed by atoms with E-state index >= 15 is 0 Å². The monoisotopic (exact) mass is 202 g/mol. The van der Waals surface area contributed by atoms with Crippen LogP contribution in [0.25, 0.3) is 0 Å². The molecule has 2 nitrogen and oxygen atoms in total. The lowest BCUT2D eigenvalue weighted by Crippen LogP contribution is -2.26. The molecule has 0 atom stereocenters. The topological polar surface area (TPSA) is 18.5 Å². The molecular weight excluding hydrogens is 180 g/mol. The maximum Gasteiger partial charge on any atom is 0.351 e. The molecule has 0 saturated carbocycles. The number of hydrogen-bond donors (Lipinski definition) is 0. The zero-order chi connectivity index (χ0) is 10.1. The molecule has 0 saturated heterocycles. The maximum atomic E-state index is 5.64. The quantitative estimate of drug-likeness (QED) is 0.591. The summed E-state index contributed by atoms with van der Waals surface area (Å²) in [6.07, 6.45) is 4.39. The van der Waals surface area contributed by atoms with Gasteiger partial charge in [-0.05, 0) is 31.9 Å². The van der Waals surface area contributed by atoms with Crippen LogP contribution in [0, 0.1) is 0 Å². The lowest BCUT2D eigenvalue weighted by atomic mass is 10.3. The van der Waals surface area contributed by atoms with Gasteiger partial charge in [0.2, 0.25) is 0 Å². The van der Waals surface area contributed by atoms with E-state index in [1.807, 2.05) is 13.8 Å². The van der Waals surface area contributed by atoms with Gasteiger partial charge in [0.05, 0.1) is 0 Å². The van der Waals surface area contributed by atoms with Crippen molar-refractivity contribution >= 4 is 9.28 Å². The van der Waals surface area contributed by atoms with E-state index in [9.17, 15) is 0 Å². The van der Waals surface area contributed by atoms with E-state index in [0.717, 1.165) is 26.1 Å². The lowest BCUT2D eigenvalue weighted by Gasteiger charge is -2.16. The largest absolute Gasteiger partial charge is 0.394 e. The number of hydrogen-bond acceptors (Lipinski definition) is 2. The Hall–Kier alpha value is -0.123. The predicted octanol–water partition coefficient (Wildman–Crippen LogP) is 2.57. The molecule has 0 aromatic rings. The van der Waals surface area contributed by atoms with E-state index < -0.39 is 9.28 Å². The Labute approximate surface area is 83.8 Å². The van der Waals surface area contributed by atoms with Crippen LogP contribution in [0.5, 0.6) is 0 Å². The van der Waals surface area contributed by atoms with E-state index in [1.54, 1.807) is 0 Å². The van der Waals surface area contributed by atoms with Crippen LogP contribution >= 0.6 is 0 Å². The van der Waals surface area contributed by atoms with Crippen LogP contribution in [0.2, 0.25) is 0 Å². The second kappa shape index (κ2) is 8.47. The molecule has 0 N–H and O–H groups in total. The van der Waals surface area contributed by atoms with Crippen molar-refractivity contribution < 1.29 is 8.85 Å². The summed E-state index contributed by atoms with van der Waals surface area (Å²) in [7, 11) is -1.51. The maximum absolute atomic E-state index is 5.64. The van der Waals surface area contributed by atoms with Gasteiger partial charge in [0, 0.05) is 13.2 Å². The van der Waals surface area contributed by atoms with Crippen LogP contribution in [0.3, 0.4) is 0 Å². The zero-order valence-electron chi connectivity index (χ0n) is 9.30. The summed E-state index contributed by atoms with van der Waals surface area (Å²) in [6, 6.07) is 0. The van der Waals surface area contributed by atoms with Crippen LogP contribution in [0.15, 0.2) is 11.3 Å². The normalized spacial score (nSPS) is 12.5. The standard InChI is InChI=1S/C10H22O2Si/c1-5-9-10(6-2)13(11-7-3)12-8-4/h9,13H,5-8H2,1-4H3/b10-9+. The van der Waals surface area contributed by atoms with Crippen LogP contribution in [0.1, 0.15) is 40.5 Å². The predicted molar refractivity (Wildman–Crippen MR) is 59.1 cm³/mol. The first-order valence-electron chi connectivity index (χ1n) is 5.22. The van der Waals surface area contributed by atoms with E-state index in [2.05, 4.69) is 19.9 Å². The third-order valence-electron chi connectivity index (χ3n) is 1.81. The van der Waals surface area contributed by atoms with E-state index in [-0.39, 0.29) is 0 Å². The van der Waals surface area contributed by atoms with E-state index in [0.29, 0.717) is 0 Å². The van der Waals surface area contributed by atoms with E-state index in [4.69, 9.17) is 8.85 Å². The molecule has 0 aromatic heterocycles. The molecule has 0 amide bonds. The second-order valence-electron chi connectivity index (χ2n) is 2.78. The van der Waals surface area contributed by atoms with Crippen molar-refractivity contribution in [3.8, 4) is 0 Å². The summed E-state index contributed by atoms with van der Waals surface area (Å²) in [5.41, 5.74) is 0. The molecule has 0 rings (SSSR count). The van der Waals surface area contributed by atoms with Gasteiger partial charge in [-0.3, -0.25) is 0 Å². The van der Waals surface area contributed by atoms with Crippen molar-refractivity contribution in [1.82, 2.24) is 0 Å². The van der Waals surface area contributed by atoms with Crippen molar-refractivity contribution in [2.24, 2.45) is 0 Å². The molecule has 0 aliphatic heterocycles. The molecule has 0 aromatic carbocycles. The summed E-state index contributed by atoms with van der Waals surface area (Å²) < 4.78 is 11.3. The van der Waals surface area contributed by atoms with Gasteiger partial charge in [0.15, 0.2) is 0 Å². The molecular formula is C10H22O2Si. The van der Waals surface area contributed by atoms with Gasteiger partial charge in [-0.1, -0.05) is 19.9 Å². The minimum atomic E-state index is -1.51. The number of rotatable bonds is 7. The van der Waals surface area contributed by atoms with Gasteiger partial charge in [-0.15, -0.1) is 0 Å². The van der Waals surface area contributed by atoms with Gasteiger partial charge in [0.25, 0.3) is 0 Å². The fraction of sp³-hybridized carbons (Fsp3) is 0.800. The van der Waals surface area contributed by atoms with Crippen molar-refractivity contribution in [3.05, 3.63) is 11.3 Å². The first-order chi connectivity index (χ1) is 6.29. The summed E-state index contributed by atoms with van der Waals surface area (Å²) in [6.45, 7) is 9.89. The molecule has 3 heteroatoms. The molecule has 0 aliphatic rings. The second-order valence-corrected chi connectivity index (χ2v) is 4.86. The summed E-state index contributed by atoms with van der Waals surface area (Å²) in [5, 5.41) is 1.39. The SMILES string of the molecule is CC/C=C(\CC)[SiH](OCC)OCC. The van der Waals surface area contributed by atoms with Crippen LogP contribution in [0.4, 0.5) is 0 Å². The molecule has 0 heterocycles. The summed E-state index contributed by atoms with van der Waals surface area (Å²) in [5.74, 6) is 0. The third kappa shape index (κ3) is 5.24. The fourth-order valence-corrected chi connectivity index (χ4v) is 3.13. The Kier molecular flexibility index (Phi) is 8.39. The first-order valence-corrected chi connectivity index (χ1v) is 6.74. The molecule has 0 radical (unpaired) electrons. The van der Waals surface area contributed by atoms with Crippen molar-refractivity contribution in [1.29, 1.82) is 0 Å². The van der Waals surface area contributed by atoms with Gasteiger partial charge in [0.1, 0.15) is 0 Å². The van der Waals surface area contributed by atoms with Crippen LogP contribution in [-0.4, -0.2) is 22.5 Å². The van der Waals surface area contributed by atoms with Gasteiger partial charge in [-0.25, -0.2) is 0 Å². The molecule has 0 bridgehead atoms.